The monoisotopic (exact) mass is 230 g/mol. The molecule has 2 bridgehead atoms. The second-order valence-electron chi connectivity index (χ2n) is 6.87. The van der Waals surface area contributed by atoms with Crippen LogP contribution in [0.25, 0.3) is 0 Å². The van der Waals surface area contributed by atoms with Crippen molar-refractivity contribution in [3.63, 3.8) is 0 Å². The lowest BCUT2D eigenvalue weighted by Gasteiger charge is -2.33. The van der Waals surface area contributed by atoms with E-state index in [-0.39, 0.29) is 5.41 Å². The maximum Gasteiger partial charge on any atom is 0.0730 e. The summed E-state index contributed by atoms with van der Waals surface area (Å²) in [5, 5.41) is 9.01. The molecule has 0 aliphatic heterocycles. The standard InChI is InChI=1S/C15H22N2/c1-9(2)12-8-10-11-6-7-15(5,14(11,3)4)13(10)17-16-12/h8-9,11H,6-7H2,1-5H3/t11-,15?/m0/s1. The summed E-state index contributed by atoms with van der Waals surface area (Å²) >= 11 is 0. The molecule has 1 fully saturated rings. The maximum atomic E-state index is 4.58. The van der Waals surface area contributed by atoms with E-state index in [4.69, 9.17) is 0 Å². The molecule has 1 unspecified atom stereocenters. The van der Waals surface area contributed by atoms with Crippen LogP contribution in [0.5, 0.6) is 0 Å². The molecule has 2 nitrogen and oxygen atoms in total. The molecule has 0 saturated heterocycles. The lowest BCUT2D eigenvalue weighted by atomic mass is 9.70. The summed E-state index contributed by atoms with van der Waals surface area (Å²) in [6.07, 6.45) is 2.59. The van der Waals surface area contributed by atoms with E-state index in [1.54, 1.807) is 0 Å². The molecule has 0 amide bonds. The molecule has 0 N–H and O–H groups in total. The van der Waals surface area contributed by atoms with Gasteiger partial charge in [-0.05, 0) is 41.7 Å². The first-order valence-corrected chi connectivity index (χ1v) is 6.76. The Bertz CT molecular complexity index is 476. The Morgan fingerprint density at radius 2 is 1.94 bits per heavy atom. The third-order valence-electron chi connectivity index (χ3n) is 5.56. The molecule has 1 aromatic rings. The Morgan fingerprint density at radius 3 is 2.59 bits per heavy atom. The molecule has 2 aliphatic carbocycles. The Morgan fingerprint density at radius 1 is 1.24 bits per heavy atom. The molecule has 1 heterocycles. The van der Waals surface area contributed by atoms with Gasteiger partial charge in [-0.15, -0.1) is 0 Å². The number of hydrogen-bond acceptors (Lipinski definition) is 2. The van der Waals surface area contributed by atoms with Gasteiger partial charge in [-0.3, -0.25) is 0 Å². The molecule has 1 aromatic heterocycles. The lowest BCUT2D eigenvalue weighted by molar-refractivity contribution is 0.226. The molecule has 2 atom stereocenters. The summed E-state index contributed by atoms with van der Waals surface area (Å²) in [5.41, 5.74) is 4.51. The number of fused-ring (bicyclic) bond motifs is 5. The molecule has 0 aromatic carbocycles. The predicted octanol–water partition coefficient (Wildman–Crippen LogP) is 3.77. The summed E-state index contributed by atoms with van der Waals surface area (Å²) in [6, 6.07) is 2.32. The molecular formula is C15H22N2. The van der Waals surface area contributed by atoms with E-state index < -0.39 is 0 Å². The van der Waals surface area contributed by atoms with Crippen LogP contribution in [0.2, 0.25) is 0 Å². The van der Waals surface area contributed by atoms with E-state index in [9.17, 15) is 0 Å². The minimum absolute atomic E-state index is 0.246. The van der Waals surface area contributed by atoms with Gasteiger partial charge in [-0.1, -0.05) is 34.6 Å². The van der Waals surface area contributed by atoms with Gasteiger partial charge in [-0.25, -0.2) is 0 Å². The smallest absolute Gasteiger partial charge is 0.0730 e. The largest absolute Gasteiger partial charge is 0.155 e. The number of aromatic nitrogens is 2. The summed E-state index contributed by atoms with van der Waals surface area (Å²) < 4.78 is 0. The van der Waals surface area contributed by atoms with Crippen molar-refractivity contribution in [3.05, 3.63) is 23.0 Å². The Hall–Kier alpha value is -0.920. The second kappa shape index (κ2) is 3.09. The fourth-order valence-electron chi connectivity index (χ4n) is 3.87. The third-order valence-corrected chi connectivity index (χ3v) is 5.56. The van der Waals surface area contributed by atoms with Gasteiger partial charge >= 0.3 is 0 Å². The highest BCUT2D eigenvalue weighted by molar-refractivity contribution is 5.45. The van der Waals surface area contributed by atoms with Crippen LogP contribution in [0.4, 0.5) is 0 Å². The normalized spacial score (nSPS) is 33.2. The van der Waals surface area contributed by atoms with Gasteiger partial charge in [0.25, 0.3) is 0 Å². The van der Waals surface area contributed by atoms with Crippen molar-refractivity contribution in [2.75, 3.05) is 0 Å². The van der Waals surface area contributed by atoms with Gasteiger partial charge in [0.2, 0.25) is 0 Å². The van der Waals surface area contributed by atoms with E-state index in [0.29, 0.717) is 17.3 Å². The molecule has 1 saturated carbocycles. The van der Waals surface area contributed by atoms with Crippen molar-refractivity contribution in [2.45, 2.75) is 64.7 Å². The molecule has 3 rings (SSSR count). The van der Waals surface area contributed by atoms with Crippen molar-refractivity contribution < 1.29 is 0 Å². The highest BCUT2D eigenvalue weighted by Gasteiger charge is 2.60. The van der Waals surface area contributed by atoms with Crippen LogP contribution in [-0.2, 0) is 5.41 Å². The van der Waals surface area contributed by atoms with Gasteiger partial charge in [0.15, 0.2) is 0 Å². The van der Waals surface area contributed by atoms with Crippen molar-refractivity contribution in [2.24, 2.45) is 5.41 Å². The predicted molar refractivity (Wildman–Crippen MR) is 69.2 cm³/mol. The van der Waals surface area contributed by atoms with Gasteiger partial charge in [0, 0.05) is 5.41 Å². The maximum absolute atomic E-state index is 4.58. The molecular weight excluding hydrogens is 208 g/mol. The average molecular weight is 230 g/mol. The Kier molecular flexibility index (Phi) is 2.04. The first-order valence-electron chi connectivity index (χ1n) is 6.76. The van der Waals surface area contributed by atoms with Gasteiger partial charge in [0.05, 0.1) is 11.4 Å². The summed E-state index contributed by atoms with van der Waals surface area (Å²) in [4.78, 5) is 0. The molecule has 17 heavy (non-hydrogen) atoms. The quantitative estimate of drug-likeness (QED) is 0.734. The van der Waals surface area contributed by atoms with Crippen LogP contribution in [0.15, 0.2) is 6.07 Å². The van der Waals surface area contributed by atoms with Crippen LogP contribution in [-0.4, -0.2) is 10.2 Å². The first kappa shape index (κ1) is 11.2. The van der Waals surface area contributed by atoms with Crippen molar-refractivity contribution in [3.8, 4) is 0 Å². The molecule has 92 valence electrons. The van der Waals surface area contributed by atoms with Gasteiger partial charge in [-0.2, -0.15) is 10.2 Å². The average Bonchev–Trinajstić information content (AvgIpc) is 2.59. The number of nitrogens with zero attached hydrogens (tertiary/aromatic N) is 2. The van der Waals surface area contributed by atoms with Gasteiger partial charge < -0.3 is 0 Å². The Labute approximate surface area is 104 Å². The van der Waals surface area contributed by atoms with E-state index >= 15 is 0 Å². The zero-order valence-corrected chi connectivity index (χ0v) is 11.5. The van der Waals surface area contributed by atoms with E-state index in [1.165, 1.54) is 24.1 Å². The topological polar surface area (TPSA) is 25.8 Å². The minimum Gasteiger partial charge on any atom is -0.155 e. The van der Waals surface area contributed by atoms with Crippen LogP contribution in [0, 0.1) is 5.41 Å². The summed E-state index contributed by atoms with van der Waals surface area (Å²) in [7, 11) is 0. The SMILES string of the molecule is CC(C)c1cc2c(nn1)C1(C)CC[C@@H]2C1(C)C. The third kappa shape index (κ3) is 1.16. The van der Waals surface area contributed by atoms with Crippen LogP contribution in [0.3, 0.4) is 0 Å². The van der Waals surface area contributed by atoms with E-state index in [2.05, 4.69) is 50.9 Å². The lowest BCUT2D eigenvalue weighted by Crippen LogP contribution is -2.32. The molecule has 0 radical (unpaired) electrons. The minimum atomic E-state index is 0.246. The molecule has 0 spiro atoms. The van der Waals surface area contributed by atoms with Crippen molar-refractivity contribution in [1.29, 1.82) is 0 Å². The summed E-state index contributed by atoms with van der Waals surface area (Å²) in [6.45, 7) is 11.6. The van der Waals surface area contributed by atoms with Crippen molar-refractivity contribution >= 4 is 0 Å². The van der Waals surface area contributed by atoms with E-state index in [1.807, 2.05) is 0 Å². The molecule has 2 aliphatic rings. The fraction of sp³-hybridized carbons (Fsp3) is 0.733. The number of hydrogen-bond donors (Lipinski definition) is 0. The van der Waals surface area contributed by atoms with Crippen LogP contribution < -0.4 is 0 Å². The van der Waals surface area contributed by atoms with Crippen LogP contribution >= 0.6 is 0 Å². The first-order chi connectivity index (χ1) is 7.88. The van der Waals surface area contributed by atoms with E-state index in [0.717, 1.165) is 5.69 Å². The van der Waals surface area contributed by atoms with Crippen LogP contribution in [0.1, 0.15) is 76.2 Å². The Balaban J connectivity index is 2.19. The zero-order valence-electron chi connectivity index (χ0n) is 11.5. The zero-order chi connectivity index (χ0) is 12.4. The second-order valence-corrected chi connectivity index (χ2v) is 6.87. The summed E-state index contributed by atoms with van der Waals surface area (Å²) in [5.74, 6) is 1.17. The number of rotatable bonds is 1. The van der Waals surface area contributed by atoms with Crippen molar-refractivity contribution in [1.82, 2.24) is 10.2 Å². The highest BCUT2D eigenvalue weighted by Crippen LogP contribution is 2.67. The van der Waals surface area contributed by atoms with Gasteiger partial charge in [0.1, 0.15) is 0 Å². The highest BCUT2D eigenvalue weighted by atomic mass is 15.1. The fourth-order valence-corrected chi connectivity index (χ4v) is 3.87. The molecule has 2 heteroatoms.